The van der Waals surface area contributed by atoms with Gasteiger partial charge in [-0.1, -0.05) is 76.6 Å². The van der Waals surface area contributed by atoms with Gasteiger partial charge in [-0.2, -0.15) is 5.10 Å². The monoisotopic (exact) mass is 528 g/mol. The minimum Gasteiger partial charge on any atom is -0.484 e. The molecule has 174 valence electrons. The Balaban J connectivity index is 1.26. The largest absolute Gasteiger partial charge is 0.484 e. The van der Waals surface area contributed by atoms with Crippen molar-refractivity contribution in [3.63, 3.8) is 0 Å². The predicted molar refractivity (Wildman–Crippen MR) is 139 cm³/mol. The topological polar surface area (TPSA) is 77.0 Å². The van der Waals surface area contributed by atoms with Crippen LogP contribution in [0.25, 0.3) is 11.1 Å². The van der Waals surface area contributed by atoms with Crippen LogP contribution in [0.2, 0.25) is 0 Å². The number of hydrogen-bond donors (Lipinski definition) is 1. The SMILES string of the molecule is O=C(COc1ccc(-c2ccccc2)cc1)N/N=C/c1cccc(OC(=O)c2cccc(Br)c2)c1. The minimum atomic E-state index is -0.470. The highest BCUT2D eigenvalue weighted by molar-refractivity contribution is 9.10. The number of esters is 1. The van der Waals surface area contributed by atoms with Crippen molar-refractivity contribution < 1.29 is 19.1 Å². The van der Waals surface area contributed by atoms with Crippen LogP contribution in [-0.4, -0.2) is 24.7 Å². The average Bonchev–Trinajstić information content (AvgIpc) is 2.88. The van der Waals surface area contributed by atoms with E-state index in [-0.39, 0.29) is 6.61 Å². The molecule has 0 radical (unpaired) electrons. The van der Waals surface area contributed by atoms with Gasteiger partial charge >= 0.3 is 5.97 Å². The van der Waals surface area contributed by atoms with Crippen LogP contribution in [0.1, 0.15) is 15.9 Å². The summed E-state index contributed by atoms with van der Waals surface area (Å²) in [6, 6.07) is 31.3. The molecule has 4 aromatic rings. The number of ether oxygens (including phenoxy) is 2. The Labute approximate surface area is 211 Å². The molecule has 0 saturated heterocycles. The number of nitrogens with one attached hydrogen (secondary N) is 1. The van der Waals surface area contributed by atoms with E-state index < -0.39 is 11.9 Å². The first kappa shape index (κ1) is 23.9. The first-order valence-electron chi connectivity index (χ1n) is 10.7. The van der Waals surface area contributed by atoms with Gasteiger partial charge in [0.2, 0.25) is 0 Å². The molecule has 0 aliphatic rings. The Morgan fingerprint density at radius 3 is 2.31 bits per heavy atom. The van der Waals surface area contributed by atoms with Crippen molar-refractivity contribution in [3.05, 3.63) is 119 Å². The van der Waals surface area contributed by atoms with Crippen LogP contribution >= 0.6 is 15.9 Å². The molecule has 7 heteroatoms. The zero-order valence-electron chi connectivity index (χ0n) is 18.6. The van der Waals surface area contributed by atoms with Crippen LogP contribution in [0, 0.1) is 0 Å². The van der Waals surface area contributed by atoms with E-state index in [0.29, 0.717) is 22.6 Å². The molecule has 0 saturated carbocycles. The summed E-state index contributed by atoms with van der Waals surface area (Å²) in [5.41, 5.74) is 5.68. The van der Waals surface area contributed by atoms with Gasteiger partial charge in [0.05, 0.1) is 11.8 Å². The lowest BCUT2D eigenvalue weighted by Gasteiger charge is -2.07. The Kier molecular flexibility index (Phi) is 8.04. The molecule has 0 bridgehead atoms. The fraction of sp³-hybridized carbons (Fsp3) is 0.0357. The molecule has 0 unspecified atom stereocenters. The van der Waals surface area contributed by atoms with Crippen LogP contribution in [0.15, 0.2) is 113 Å². The van der Waals surface area contributed by atoms with Crippen LogP contribution in [0.3, 0.4) is 0 Å². The summed E-state index contributed by atoms with van der Waals surface area (Å²) in [6.07, 6.45) is 1.46. The van der Waals surface area contributed by atoms with E-state index in [0.717, 1.165) is 15.6 Å². The normalized spacial score (nSPS) is 10.7. The van der Waals surface area contributed by atoms with Gasteiger partial charge in [0.25, 0.3) is 5.91 Å². The van der Waals surface area contributed by atoms with E-state index in [1.807, 2.05) is 60.7 Å². The highest BCUT2D eigenvalue weighted by Crippen LogP contribution is 2.22. The molecule has 0 aliphatic carbocycles. The molecular formula is C28H21BrN2O4. The van der Waals surface area contributed by atoms with E-state index in [1.54, 1.807) is 42.5 Å². The summed E-state index contributed by atoms with van der Waals surface area (Å²) in [5.74, 6) is 0.0876. The lowest BCUT2D eigenvalue weighted by atomic mass is 10.1. The van der Waals surface area contributed by atoms with Gasteiger partial charge in [0.1, 0.15) is 11.5 Å². The van der Waals surface area contributed by atoms with Crippen molar-refractivity contribution >= 4 is 34.0 Å². The Morgan fingerprint density at radius 2 is 1.54 bits per heavy atom. The number of nitrogens with zero attached hydrogens (tertiary/aromatic N) is 1. The number of rotatable bonds is 8. The van der Waals surface area contributed by atoms with Gasteiger partial charge in [-0.25, -0.2) is 10.2 Å². The fourth-order valence-electron chi connectivity index (χ4n) is 3.17. The van der Waals surface area contributed by atoms with Gasteiger partial charge in [-0.15, -0.1) is 0 Å². The molecule has 0 heterocycles. The molecular weight excluding hydrogens is 508 g/mol. The molecule has 0 aliphatic heterocycles. The van der Waals surface area contributed by atoms with Crippen molar-refractivity contribution in [1.82, 2.24) is 5.43 Å². The second kappa shape index (κ2) is 11.8. The van der Waals surface area contributed by atoms with Crippen molar-refractivity contribution in [2.24, 2.45) is 5.10 Å². The molecule has 0 fully saturated rings. The molecule has 6 nitrogen and oxygen atoms in total. The number of benzene rings is 4. The molecule has 0 aromatic heterocycles. The van der Waals surface area contributed by atoms with Gasteiger partial charge in [-0.05, 0) is 59.2 Å². The molecule has 4 aromatic carbocycles. The van der Waals surface area contributed by atoms with Crippen molar-refractivity contribution in [2.75, 3.05) is 6.61 Å². The molecule has 35 heavy (non-hydrogen) atoms. The first-order valence-corrected chi connectivity index (χ1v) is 11.5. The number of hydrazone groups is 1. The third-order valence-corrected chi connectivity index (χ3v) is 5.36. The van der Waals surface area contributed by atoms with Crippen molar-refractivity contribution in [2.45, 2.75) is 0 Å². The number of carbonyl (C=O) groups is 2. The highest BCUT2D eigenvalue weighted by atomic mass is 79.9. The fourth-order valence-corrected chi connectivity index (χ4v) is 3.57. The molecule has 0 spiro atoms. The van der Waals surface area contributed by atoms with E-state index in [2.05, 4.69) is 26.5 Å². The predicted octanol–water partition coefficient (Wildman–Crippen LogP) is 5.86. The van der Waals surface area contributed by atoms with Crippen LogP contribution in [0.5, 0.6) is 11.5 Å². The molecule has 4 rings (SSSR count). The lowest BCUT2D eigenvalue weighted by Crippen LogP contribution is -2.24. The van der Waals surface area contributed by atoms with Gasteiger partial charge in [0.15, 0.2) is 6.61 Å². The summed E-state index contributed by atoms with van der Waals surface area (Å²) >= 11 is 3.33. The summed E-state index contributed by atoms with van der Waals surface area (Å²) in [6.45, 7) is -0.174. The summed E-state index contributed by atoms with van der Waals surface area (Å²) in [4.78, 5) is 24.4. The number of halogens is 1. The quantitative estimate of drug-likeness (QED) is 0.134. The number of hydrogen-bond acceptors (Lipinski definition) is 5. The zero-order valence-corrected chi connectivity index (χ0v) is 20.1. The summed E-state index contributed by atoms with van der Waals surface area (Å²) < 4.78 is 11.7. The van der Waals surface area contributed by atoms with Crippen LogP contribution in [0.4, 0.5) is 0 Å². The zero-order chi connectivity index (χ0) is 24.5. The van der Waals surface area contributed by atoms with Crippen molar-refractivity contribution in [1.29, 1.82) is 0 Å². The maximum atomic E-state index is 12.3. The summed E-state index contributed by atoms with van der Waals surface area (Å²) in [5, 5.41) is 3.95. The van der Waals surface area contributed by atoms with Gasteiger partial charge in [-0.3, -0.25) is 4.79 Å². The number of amides is 1. The van der Waals surface area contributed by atoms with E-state index in [9.17, 15) is 9.59 Å². The van der Waals surface area contributed by atoms with Gasteiger partial charge in [0, 0.05) is 4.47 Å². The maximum Gasteiger partial charge on any atom is 0.343 e. The lowest BCUT2D eigenvalue weighted by molar-refractivity contribution is -0.123. The Bertz CT molecular complexity index is 1340. The minimum absolute atomic E-state index is 0.174. The van der Waals surface area contributed by atoms with E-state index >= 15 is 0 Å². The third kappa shape index (κ3) is 7.12. The second-order valence-electron chi connectivity index (χ2n) is 7.44. The smallest absolute Gasteiger partial charge is 0.343 e. The Morgan fingerprint density at radius 1 is 0.800 bits per heavy atom. The highest BCUT2D eigenvalue weighted by Gasteiger charge is 2.09. The first-order chi connectivity index (χ1) is 17.1. The molecule has 1 amide bonds. The Hall–Kier alpha value is -4.23. The number of carbonyl (C=O) groups excluding carboxylic acids is 2. The van der Waals surface area contributed by atoms with Crippen LogP contribution < -0.4 is 14.9 Å². The maximum absolute atomic E-state index is 12.3. The van der Waals surface area contributed by atoms with Crippen molar-refractivity contribution in [3.8, 4) is 22.6 Å². The van der Waals surface area contributed by atoms with E-state index in [1.165, 1.54) is 6.21 Å². The van der Waals surface area contributed by atoms with Gasteiger partial charge < -0.3 is 9.47 Å². The van der Waals surface area contributed by atoms with E-state index in [4.69, 9.17) is 9.47 Å². The third-order valence-electron chi connectivity index (χ3n) is 4.86. The standard InChI is InChI=1S/C28H21BrN2O4/c29-24-10-5-9-23(17-24)28(33)35-26-11-4-6-20(16-26)18-30-31-27(32)19-34-25-14-12-22(13-15-25)21-7-2-1-3-8-21/h1-18H,19H2,(H,31,32)/b30-18+. The molecule has 1 N–H and O–H groups in total. The summed E-state index contributed by atoms with van der Waals surface area (Å²) in [7, 11) is 0. The second-order valence-corrected chi connectivity index (χ2v) is 8.36. The molecule has 0 atom stereocenters. The average molecular weight is 529 g/mol. The van der Waals surface area contributed by atoms with Crippen LogP contribution in [-0.2, 0) is 4.79 Å².